The highest BCUT2D eigenvalue weighted by Crippen LogP contribution is 2.54. The lowest BCUT2D eigenvalue weighted by atomic mass is 10.0. The summed E-state index contributed by atoms with van der Waals surface area (Å²) in [5.41, 5.74) is 21.4. The van der Waals surface area contributed by atoms with E-state index >= 15 is 0 Å². The van der Waals surface area contributed by atoms with Gasteiger partial charge in [0, 0.05) is 70.6 Å². The first kappa shape index (κ1) is 34.2. The molecule has 6 aromatic heterocycles. The van der Waals surface area contributed by atoms with Crippen LogP contribution in [0.3, 0.4) is 0 Å². The van der Waals surface area contributed by atoms with Crippen LogP contribution in [0, 0.1) is 0 Å². The van der Waals surface area contributed by atoms with Crippen molar-refractivity contribution in [2.75, 3.05) is 0 Å². The standard InChI is InChI=1S/2C23H19N5O/c2*24-22(29)16-8-10-26-18-7-5-13(12-17(16)18)21-20(19-3-1-2-9-25-19)27-23-14-4-6-15(11-14)28(21)23/h2*1-3,5,7-10,12,14-15H,4,6,11H2,(H2,24,29)/t2*14-,15+/m10/s1. The van der Waals surface area contributed by atoms with Crippen LogP contribution in [0.2, 0.25) is 0 Å². The number of amides is 2. The molecular weight excluding hydrogens is 725 g/mol. The first-order valence-electron chi connectivity index (χ1n) is 19.9. The van der Waals surface area contributed by atoms with Gasteiger partial charge in [-0.25, -0.2) is 9.97 Å². The van der Waals surface area contributed by atoms with E-state index in [-0.39, 0.29) is 0 Å². The highest BCUT2D eigenvalue weighted by Gasteiger charge is 2.43. The molecule has 4 N–H and O–H groups in total. The number of aromatic nitrogens is 8. The fraction of sp³-hybridized carbons (Fsp3) is 0.217. The smallest absolute Gasteiger partial charge is 0.249 e. The van der Waals surface area contributed by atoms with Crippen molar-refractivity contribution in [3.8, 4) is 45.3 Å². The number of nitrogens with two attached hydrogens (primary N) is 2. The molecule has 284 valence electrons. The van der Waals surface area contributed by atoms with Crippen molar-refractivity contribution in [3.63, 3.8) is 0 Å². The Hall–Kier alpha value is -7.08. The molecule has 8 aromatic rings. The molecule has 2 aliphatic heterocycles. The Bertz CT molecular complexity index is 2760. The Morgan fingerprint density at radius 2 is 1.00 bits per heavy atom. The van der Waals surface area contributed by atoms with E-state index in [9.17, 15) is 9.59 Å². The van der Waals surface area contributed by atoms with Crippen molar-refractivity contribution < 1.29 is 9.59 Å². The number of rotatable bonds is 6. The number of pyridine rings is 4. The minimum Gasteiger partial charge on any atom is -0.366 e. The molecule has 0 radical (unpaired) electrons. The van der Waals surface area contributed by atoms with Gasteiger partial charge in [0.25, 0.3) is 0 Å². The molecule has 2 aromatic carbocycles. The number of fused-ring (bicyclic) bond motifs is 12. The summed E-state index contributed by atoms with van der Waals surface area (Å²) in [6.07, 6.45) is 14.0. The van der Waals surface area contributed by atoms with Crippen LogP contribution in [0.25, 0.3) is 67.1 Å². The van der Waals surface area contributed by atoms with Crippen molar-refractivity contribution in [1.29, 1.82) is 0 Å². The van der Waals surface area contributed by atoms with Gasteiger partial charge in [-0.1, -0.05) is 24.3 Å². The minimum atomic E-state index is -0.447. The van der Waals surface area contributed by atoms with Gasteiger partial charge in [0.1, 0.15) is 23.0 Å². The Labute approximate surface area is 333 Å². The van der Waals surface area contributed by atoms with E-state index in [0.29, 0.717) is 35.0 Å². The number of carbonyl (C=O) groups is 2. The second-order valence-corrected chi connectivity index (χ2v) is 15.7. The Balaban J connectivity index is 0.000000133. The highest BCUT2D eigenvalue weighted by molar-refractivity contribution is 6.07. The monoisotopic (exact) mass is 762 g/mol. The van der Waals surface area contributed by atoms with E-state index in [1.807, 2.05) is 60.7 Å². The Kier molecular flexibility index (Phi) is 7.82. The van der Waals surface area contributed by atoms with Gasteiger partial charge >= 0.3 is 0 Å². The molecule has 4 atom stereocenters. The summed E-state index contributed by atoms with van der Waals surface area (Å²) in [5, 5.41) is 1.53. The maximum Gasteiger partial charge on any atom is 0.249 e. The van der Waals surface area contributed by atoms with E-state index < -0.39 is 11.8 Å². The number of benzene rings is 2. The fourth-order valence-corrected chi connectivity index (χ4v) is 10.00. The summed E-state index contributed by atoms with van der Waals surface area (Å²) in [7, 11) is 0. The topological polar surface area (TPSA) is 173 Å². The Morgan fingerprint density at radius 3 is 1.41 bits per heavy atom. The van der Waals surface area contributed by atoms with Crippen LogP contribution < -0.4 is 11.5 Å². The first-order valence-corrected chi connectivity index (χ1v) is 19.9. The highest BCUT2D eigenvalue weighted by atomic mass is 16.1. The number of primary amides is 2. The summed E-state index contributed by atoms with van der Waals surface area (Å²) in [6.45, 7) is 0. The maximum atomic E-state index is 12.0. The summed E-state index contributed by atoms with van der Waals surface area (Å²) < 4.78 is 4.80. The van der Waals surface area contributed by atoms with Crippen molar-refractivity contribution in [2.45, 2.75) is 62.4 Å². The van der Waals surface area contributed by atoms with Crippen LogP contribution in [-0.2, 0) is 0 Å². The van der Waals surface area contributed by atoms with E-state index in [1.165, 1.54) is 50.2 Å². The summed E-state index contributed by atoms with van der Waals surface area (Å²) in [5.74, 6) is 2.49. The molecular formula is C46H38N10O2. The van der Waals surface area contributed by atoms with E-state index in [2.05, 4.69) is 41.2 Å². The van der Waals surface area contributed by atoms with Crippen LogP contribution >= 0.6 is 0 Å². The molecule has 58 heavy (non-hydrogen) atoms. The van der Waals surface area contributed by atoms with Crippen molar-refractivity contribution in [3.05, 3.63) is 132 Å². The van der Waals surface area contributed by atoms with Crippen molar-refractivity contribution in [1.82, 2.24) is 39.0 Å². The summed E-state index contributed by atoms with van der Waals surface area (Å²) >= 11 is 0. The third-order valence-corrected chi connectivity index (χ3v) is 12.5. The van der Waals surface area contributed by atoms with Gasteiger partial charge in [0.15, 0.2) is 0 Å². The quantitative estimate of drug-likeness (QED) is 0.171. The SMILES string of the molecule is NC(=O)c1ccnc2ccc(-c3c(-c4ccccn4)nc4n3[C@@H]3CC[C@H]4C3)cc12.NC(=O)c1ccnc2ccc(-c3c(-c4ccccn4)nc4n3[C@H]3CC[C@@H]4C3)cc12. The van der Waals surface area contributed by atoms with Gasteiger partial charge in [0.05, 0.1) is 44.9 Å². The molecule has 0 spiro atoms. The molecule has 4 bridgehead atoms. The van der Waals surface area contributed by atoms with Gasteiger partial charge in [0.2, 0.25) is 11.8 Å². The molecule has 12 heteroatoms. The van der Waals surface area contributed by atoms with Gasteiger partial charge in [-0.3, -0.25) is 29.5 Å². The second kappa shape index (κ2) is 13.3. The normalized spacial score (nSPS) is 19.6. The van der Waals surface area contributed by atoms with Crippen molar-refractivity contribution in [2.24, 2.45) is 11.5 Å². The zero-order valence-electron chi connectivity index (χ0n) is 31.5. The molecule has 0 saturated heterocycles. The largest absolute Gasteiger partial charge is 0.366 e. The third kappa shape index (κ3) is 5.35. The number of carbonyl (C=O) groups excluding carboxylic acids is 2. The molecule has 12 nitrogen and oxygen atoms in total. The van der Waals surface area contributed by atoms with Crippen LogP contribution in [0.15, 0.2) is 110 Å². The van der Waals surface area contributed by atoms with E-state index in [0.717, 1.165) is 67.1 Å². The van der Waals surface area contributed by atoms with Gasteiger partial charge < -0.3 is 20.6 Å². The number of hydrogen-bond acceptors (Lipinski definition) is 8. The summed E-state index contributed by atoms with van der Waals surface area (Å²) in [4.78, 5) is 51.9. The molecule has 0 unspecified atom stereocenters. The van der Waals surface area contributed by atoms with E-state index in [4.69, 9.17) is 21.4 Å². The molecule has 2 saturated carbocycles. The molecule has 2 amide bonds. The molecule has 8 heterocycles. The van der Waals surface area contributed by atoms with Crippen LogP contribution in [0.1, 0.15) is 94.8 Å². The number of nitrogens with zero attached hydrogens (tertiary/aromatic N) is 8. The average Bonchev–Trinajstić information content (AvgIpc) is 4.12. The minimum absolute atomic E-state index is 0.447. The third-order valence-electron chi connectivity index (χ3n) is 12.5. The fourth-order valence-electron chi connectivity index (χ4n) is 10.00. The van der Waals surface area contributed by atoms with Gasteiger partial charge in [-0.2, -0.15) is 0 Å². The average molecular weight is 763 g/mol. The maximum absolute atomic E-state index is 12.0. The predicted octanol–water partition coefficient (Wildman–Crippen LogP) is 8.16. The number of hydrogen-bond donors (Lipinski definition) is 2. The molecule has 2 aliphatic carbocycles. The zero-order chi connectivity index (χ0) is 39.1. The van der Waals surface area contributed by atoms with Crippen LogP contribution in [-0.4, -0.2) is 50.9 Å². The first-order chi connectivity index (χ1) is 28.4. The lowest BCUT2D eigenvalue weighted by Gasteiger charge is -2.17. The second-order valence-electron chi connectivity index (χ2n) is 15.7. The van der Waals surface area contributed by atoms with Crippen LogP contribution in [0.4, 0.5) is 0 Å². The van der Waals surface area contributed by atoms with E-state index in [1.54, 1.807) is 36.9 Å². The lowest BCUT2D eigenvalue weighted by Crippen LogP contribution is -2.12. The predicted molar refractivity (Wildman–Crippen MR) is 221 cm³/mol. The Morgan fingerprint density at radius 1 is 0.534 bits per heavy atom. The number of imidazole rings is 2. The van der Waals surface area contributed by atoms with Crippen molar-refractivity contribution >= 4 is 33.6 Å². The zero-order valence-corrected chi connectivity index (χ0v) is 31.5. The molecule has 2 fully saturated rings. The van der Waals surface area contributed by atoms with Crippen LogP contribution in [0.5, 0.6) is 0 Å². The molecule has 4 aliphatic rings. The van der Waals surface area contributed by atoms with Gasteiger partial charge in [-0.05, 0) is 99.2 Å². The summed E-state index contributed by atoms with van der Waals surface area (Å²) in [6, 6.07) is 28.2. The van der Waals surface area contributed by atoms with Gasteiger partial charge in [-0.15, -0.1) is 0 Å². The molecule has 12 rings (SSSR count). The lowest BCUT2D eigenvalue weighted by molar-refractivity contribution is 0.0993.